The minimum Gasteiger partial charge on any atom is -0.320 e. The van der Waals surface area contributed by atoms with E-state index < -0.39 is 0 Å². The van der Waals surface area contributed by atoms with Gasteiger partial charge in [-0.3, -0.25) is 4.57 Å². The number of rotatable bonds is 5. The van der Waals surface area contributed by atoms with E-state index in [0.29, 0.717) is 0 Å². The molecule has 0 saturated heterocycles. The highest BCUT2D eigenvalue weighted by Gasteiger charge is 2.08. The zero-order valence-electron chi connectivity index (χ0n) is 10.0. The van der Waals surface area contributed by atoms with Gasteiger partial charge in [0.25, 0.3) is 0 Å². The van der Waals surface area contributed by atoms with Crippen LogP contribution in [0.5, 0.6) is 0 Å². The van der Waals surface area contributed by atoms with Crippen LogP contribution in [0.25, 0.3) is 0 Å². The molecule has 0 atom stereocenters. The van der Waals surface area contributed by atoms with Crippen molar-refractivity contribution in [3.05, 3.63) is 26.3 Å². The highest BCUT2D eigenvalue weighted by molar-refractivity contribution is 9.10. The van der Waals surface area contributed by atoms with Crippen molar-refractivity contribution in [1.82, 2.24) is 14.9 Å². The van der Waals surface area contributed by atoms with E-state index in [2.05, 4.69) is 26.2 Å². The smallest absolute Gasteiger partial charge is 0.320 e. The van der Waals surface area contributed by atoms with Crippen molar-refractivity contribution >= 4 is 15.9 Å². The Labute approximate surface area is 104 Å². The largest absolute Gasteiger partial charge is 0.348 e. The molecule has 4 nitrogen and oxygen atoms in total. The summed E-state index contributed by atoms with van der Waals surface area (Å²) in [6.45, 7) is 5.49. The summed E-state index contributed by atoms with van der Waals surface area (Å²) in [5.41, 5.74) is 1.57. The van der Waals surface area contributed by atoms with Crippen LogP contribution in [0, 0.1) is 13.8 Å². The van der Waals surface area contributed by atoms with Crippen molar-refractivity contribution < 1.29 is 0 Å². The fraction of sp³-hybridized carbons (Fsp3) is 0.636. The Morgan fingerprint density at radius 1 is 1.38 bits per heavy atom. The number of aryl methyl sites for hydroxylation is 1. The molecule has 0 spiro atoms. The number of nitrogens with zero attached hydrogens (tertiary/aromatic N) is 2. The summed E-state index contributed by atoms with van der Waals surface area (Å²) in [6, 6.07) is 0. The number of unbranched alkanes of at least 4 members (excludes halogenated alkanes) is 1. The lowest BCUT2D eigenvalue weighted by Gasteiger charge is -2.11. The monoisotopic (exact) mass is 287 g/mol. The SMILES string of the molecule is CNCCCCn1c(C)c(Br)c(C)nc1=O. The molecular weight excluding hydrogens is 270 g/mol. The van der Waals surface area contributed by atoms with Crippen LogP contribution in [-0.4, -0.2) is 23.1 Å². The number of hydrogen-bond acceptors (Lipinski definition) is 3. The molecule has 1 heterocycles. The van der Waals surface area contributed by atoms with Gasteiger partial charge in [0.1, 0.15) is 0 Å². The van der Waals surface area contributed by atoms with Crippen LogP contribution < -0.4 is 11.0 Å². The van der Waals surface area contributed by atoms with Gasteiger partial charge in [-0.2, -0.15) is 4.98 Å². The zero-order chi connectivity index (χ0) is 12.1. The Balaban J connectivity index is 2.80. The summed E-state index contributed by atoms with van der Waals surface area (Å²) in [6.07, 6.45) is 2.05. The van der Waals surface area contributed by atoms with Gasteiger partial charge in [0.2, 0.25) is 0 Å². The summed E-state index contributed by atoms with van der Waals surface area (Å²) in [7, 11) is 1.93. The fourth-order valence-corrected chi connectivity index (χ4v) is 1.91. The number of nitrogens with one attached hydrogen (secondary N) is 1. The van der Waals surface area contributed by atoms with Gasteiger partial charge in [-0.05, 0) is 56.2 Å². The summed E-state index contributed by atoms with van der Waals surface area (Å²) in [4.78, 5) is 15.7. The van der Waals surface area contributed by atoms with E-state index in [4.69, 9.17) is 0 Å². The summed E-state index contributed by atoms with van der Waals surface area (Å²) in [5, 5.41) is 3.09. The van der Waals surface area contributed by atoms with Crippen LogP contribution in [0.15, 0.2) is 9.27 Å². The molecule has 16 heavy (non-hydrogen) atoms. The molecule has 0 amide bonds. The third kappa shape index (κ3) is 3.15. The summed E-state index contributed by atoms with van der Waals surface area (Å²) >= 11 is 3.45. The first-order chi connectivity index (χ1) is 7.57. The molecular formula is C11H18BrN3O. The molecule has 0 saturated carbocycles. The van der Waals surface area contributed by atoms with Gasteiger partial charge >= 0.3 is 5.69 Å². The standard InChI is InChI=1S/C11H18BrN3O/c1-8-10(12)9(2)15(11(16)14-8)7-5-4-6-13-3/h13H,4-7H2,1-3H3. The number of halogens is 1. The molecule has 0 aliphatic rings. The Bertz CT molecular complexity index is 414. The molecule has 0 radical (unpaired) electrons. The lowest BCUT2D eigenvalue weighted by atomic mass is 10.3. The third-order valence-electron chi connectivity index (χ3n) is 2.59. The first-order valence-electron chi connectivity index (χ1n) is 5.46. The van der Waals surface area contributed by atoms with Crippen LogP contribution in [0.4, 0.5) is 0 Å². The quantitative estimate of drug-likeness (QED) is 0.838. The third-order valence-corrected chi connectivity index (χ3v) is 3.74. The molecule has 0 fully saturated rings. The van der Waals surface area contributed by atoms with Gasteiger partial charge in [0, 0.05) is 12.2 Å². The van der Waals surface area contributed by atoms with Gasteiger partial charge in [0.05, 0.1) is 10.2 Å². The van der Waals surface area contributed by atoms with E-state index in [9.17, 15) is 4.79 Å². The normalized spacial score (nSPS) is 10.8. The molecule has 1 N–H and O–H groups in total. The molecule has 1 aromatic rings. The number of hydrogen-bond donors (Lipinski definition) is 1. The van der Waals surface area contributed by atoms with E-state index in [0.717, 1.165) is 41.8 Å². The van der Waals surface area contributed by atoms with Gasteiger partial charge in [-0.25, -0.2) is 4.79 Å². The minimum absolute atomic E-state index is 0.150. The molecule has 5 heteroatoms. The average Bonchev–Trinajstić information content (AvgIpc) is 2.25. The van der Waals surface area contributed by atoms with Gasteiger partial charge in [-0.15, -0.1) is 0 Å². The van der Waals surface area contributed by atoms with E-state index in [1.807, 2.05) is 20.9 Å². The predicted octanol–water partition coefficient (Wildman–Crippen LogP) is 1.62. The Kier molecular flexibility index (Phi) is 5.15. The Hall–Kier alpha value is -0.680. The van der Waals surface area contributed by atoms with Crippen LogP contribution in [0.1, 0.15) is 24.2 Å². The molecule has 0 bridgehead atoms. The van der Waals surface area contributed by atoms with Crippen LogP contribution in [-0.2, 0) is 6.54 Å². The van der Waals surface area contributed by atoms with Crippen molar-refractivity contribution in [1.29, 1.82) is 0 Å². The second-order valence-electron chi connectivity index (χ2n) is 3.84. The topological polar surface area (TPSA) is 46.9 Å². The molecule has 0 unspecified atom stereocenters. The molecule has 90 valence electrons. The van der Waals surface area contributed by atoms with Crippen LogP contribution in [0.2, 0.25) is 0 Å². The predicted molar refractivity (Wildman–Crippen MR) is 68.8 cm³/mol. The first kappa shape index (κ1) is 13.4. The van der Waals surface area contributed by atoms with Gasteiger partial charge in [0.15, 0.2) is 0 Å². The van der Waals surface area contributed by atoms with Gasteiger partial charge in [-0.1, -0.05) is 0 Å². The maximum Gasteiger partial charge on any atom is 0.348 e. The lowest BCUT2D eigenvalue weighted by molar-refractivity contribution is 0.555. The van der Waals surface area contributed by atoms with Crippen molar-refractivity contribution in [2.45, 2.75) is 33.2 Å². The first-order valence-corrected chi connectivity index (χ1v) is 6.25. The van der Waals surface area contributed by atoms with Crippen molar-refractivity contribution in [3.63, 3.8) is 0 Å². The highest BCUT2D eigenvalue weighted by atomic mass is 79.9. The van der Waals surface area contributed by atoms with Crippen molar-refractivity contribution in [3.8, 4) is 0 Å². The molecule has 1 aromatic heterocycles. The minimum atomic E-state index is -0.150. The lowest BCUT2D eigenvalue weighted by Crippen LogP contribution is -2.26. The Morgan fingerprint density at radius 2 is 2.06 bits per heavy atom. The fourth-order valence-electron chi connectivity index (χ4n) is 1.61. The van der Waals surface area contributed by atoms with E-state index in [1.165, 1.54) is 0 Å². The van der Waals surface area contributed by atoms with Gasteiger partial charge < -0.3 is 5.32 Å². The van der Waals surface area contributed by atoms with E-state index in [1.54, 1.807) is 4.57 Å². The molecule has 0 aliphatic carbocycles. The maximum absolute atomic E-state index is 11.7. The van der Waals surface area contributed by atoms with Crippen molar-refractivity contribution in [2.75, 3.05) is 13.6 Å². The van der Waals surface area contributed by atoms with E-state index in [-0.39, 0.29) is 5.69 Å². The maximum atomic E-state index is 11.7. The molecule has 0 aromatic carbocycles. The Morgan fingerprint density at radius 3 is 2.69 bits per heavy atom. The number of aromatic nitrogens is 2. The molecule has 1 rings (SSSR count). The van der Waals surface area contributed by atoms with Crippen LogP contribution in [0.3, 0.4) is 0 Å². The second-order valence-corrected chi connectivity index (χ2v) is 4.63. The van der Waals surface area contributed by atoms with Crippen molar-refractivity contribution in [2.24, 2.45) is 0 Å². The zero-order valence-corrected chi connectivity index (χ0v) is 11.6. The highest BCUT2D eigenvalue weighted by Crippen LogP contribution is 2.16. The summed E-state index contributed by atoms with van der Waals surface area (Å²) in [5.74, 6) is 0. The van der Waals surface area contributed by atoms with E-state index >= 15 is 0 Å². The summed E-state index contributed by atoms with van der Waals surface area (Å²) < 4.78 is 2.66. The second kappa shape index (κ2) is 6.15. The van der Waals surface area contributed by atoms with Crippen LogP contribution >= 0.6 is 15.9 Å². The average molecular weight is 288 g/mol. The molecule has 0 aliphatic heterocycles.